The molecule has 13 aromatic carbocycles. The van der Waals surface area contributed by atoms with E-state index < -0.39 is 0 Å². The van der Waals surface area contributed by atoms with E-state index in [0.717, 1.165) is 166 Å². The van der Waals surface area contributed by atoms with Crippen LogP contribution >= 0.6 is 0 Å². The van der Waals surface area contributed by atoms with Gasteiger partial charge in [-0.3, -0.25) is 4.57 Å². The van der Waals surface area contributed by atoms with Crippen LogP contribution in [0.1, 0.15) is 0 Å². The number of aromatic nitrogens is 9. The molecule has 0 spiro atoms. The third-order valence-electron chi connectivity index (χ3n) is 19.3. The van der Waals surface area contributed by atoms with Crippen molar-refractivity contribution in [3.8, 4) is 113 Å². The highest BCUT2D eigenvalue weighted by Gasteiger charge is 2.23. The van der Waals surface area contributed by atoms with Gasteiger partial charge in [-0.1, -0.05) is 224 Å². The predicted octanol–water partition coefficient (Wildman–Crippen LogP) is 22.4. The van der Waals surface area contributed by atoms with Crippen LogP contribution in [0.2, 0.25) is 0 Å². The van der Waals surface area contributed by atoms with Gasteiger partial charge in [0.2, 0.25) is 0 Å². The molecule has 0 aliphatic heterocycles. The Kier molecular flexibility index (Phi) is 13.0. The minimum Gasteiger partial charge on any atom is -0.456 e. The molecule has 0 N–H and O–H groups in total. The lowest BCUT2D eigenvalue weighted by Gasteiger charge is -2.12. The van der Waals surface area contributed by atoms with Crippen LogP contribution in [0.25, 0.3) is 201 Å². The van der Waals surface area contributed by atoms with E-state index in [-0.39, 0.29) is 0 Å². The molecule has 11 nitrogen and oxygen atoms in total. The highest BCUT2D eigenvalue weighted by molar-refractivity contribution is 6.18. The number of furan rings is 2. The van der Waals surface area contributed by atoms with Crippen LogP contribution in [0.15, 0.2) is 330 Å². The summed E-state index contributed by atoms with van der Waals surface area (Å²) in [4.78, 5) is 35.8. The first-order valence-corrected chi connectivity index (χ1v) is 33.3. The summed E-state index contributed by atoms with van der Waals surface area (Å²) in [6.07, 6.45) is 1.87. The third kappa shape index (κ3) is 9.47. The van der Waals surface area contributed by atoms with Crippen molar-refractivity contribution in [2.75, 3.05) is 0 Å². The summed E-state index contributed by atoms with van der Waals surface area (Å²) in [7, 11) is 0. The number of hydrogen-bond donors (Lipinski definition) is 0. The lowest BCUT2D eigenvalue weighted by molar-refractivity contribution is 0.668. The van der Waals surface area contributed by atoms with Crippen LogP contribution < -0.4 is 0 Å². The Bertz CT molecular complexity index is 6580. The molecule has 7 heterocycles. The molecule has 100 heavy (non-hydrogen) atoms. The molecule has 0 unspecified atom stereocenters. The van der Waals surface area contributed by atoms with E-state index in [4.69, 9.17) is 43.7 Å². The predicted molar refractivity (Wildman–Crippen MR) is 403 cm³/mol. The first kappa shape index (κ1) is 56.6. The average Bonchev–Trinajstić information content (AvgIpc) is 1.58. The second-order valence-corrected chi connectivity index (χ2v) is 25.2. The molecule has 11 heteroatoms. The second-order valence-electron chi connectivity index (χ2n) is 25.2. The summed E-state index contributed by atoms with van der Waals surface area (Å²) in [6, 6.07) is 109. The van der Waals surface area contributed by atoms with Gasteiger partial charge in [0.05, 0.1) is 22.1 Å². The molecule has 0 aliphatic rings. The van der Waals surface area contributed by atoms with Gasteiger partial charge >= 0.3 is 0 Å². The fraction of sp³-hybridized carbons (Fsp3) is 0. The molecule has 7 aromatic heterocycles. The summed E-state index contributed by atoms with van der Waals surface area (Å²) in [6.45, 7) is 0. The Balaban J connectivity index is 0.653. The largest absolute Gasteiger partial charge is 0.456 e. The topological polar surface area (TPSA) is 126 Å². The molecule has 0 radical (unpaired) electrons. The molecular weight excluding hydrogens is 1230 g/mol. The third-order valence-corrected chi connectivity index (χ3v) is 19.3. The van der Waals surface area contributed by atoms with E-state index in [9.17, 15) is 0 Å². The van der Waals surface area contributed by atoms with Crippen molar-refractivity contribution >= 4 is 87.5 Å². The van der Waals surface area contributed by atoms with E-state index in [1.54, 1.807) is 0 Å². The molecule has 0 aliphatic carbocycles. The fourth-order valence-electron chi connectivity index (χ4n) is 14.6. The van der Waals surface area contributed by atoms with Crippen LogP contribution in [-0.2, 0) is 0 Å². The number of para-hydroxylation sites is 4. The van der Waals surface area contributed by atoms with E-state index in [1.807, 2.05) is 128 Å². The van der Waals surface area contributed by atoms with Gasteiger partial charge in [-0.05, 0) is 124 Å². The highest BCUT2D eigenvalue weighted by atomic mass is 16.3. The monoisotopic (exact) mass is 1280 g/mol. The number of benzene rings is 13. The minimum absolute atomic E-state index is 0.517. The number of rotatable bonds is 11. The zero-order chi connectivity index (χ0) is 65.8. The van der Waals surface area contributed by atoms with Gasteiger partial charge < -0.3 is 13.4 Å². The molecule has 0 atom stereocenters. The van der Waals surface area contributed by atoms with Gasteiger partial charge in [-0.15, -0.1) is 0 Å². The normalized spacial score (nSPS) is 11.8. The van der Waals surface area contributed by atoms with Gasteiger partial charge in [0.1, 0.15) is 28.1 Å². The number of pyridine rings is 1. The van der Waals surface area contributed by atoms with Gasteiger partial charge in [0, 0.05) is 88.4 Å². The zero-order valence-corrected chi connectivity index (χ0v) is 53.4. The lowest BCUT2D eigenvalue weighted by Crippen LogP contribution is -2.01. The SMILES string of the molecule is c1ccc(-c2nc(-c3ccc(-c4cc(-c5ccc6c(c5)c5ccccc5n6-c5cccc(-c6nc(-c7ccccc7)nc(-c7ccccc7)n6)c5)c5c(c4)oc4ccccc45)cc3)nc(-c3ccc(-n4c5ccccc5c5cc(-c6cccc7oc8ccccc8c67)ccc54)nc3)n2)cc1. The van der Waals surface area contributed by atoms with E-state index in [2.05, 4.69) is 203 Å². The maximum absolute atomic E-state index is 6.76. The van der Waals surface area contributed by atoms with Crippen LogP contribution in [-0.4, -0.2) is 44.0 Å². The van der Waals surface area contributed by atoms with Crippen LogP contribution in [0, 0.1) is 0 Å². The van der Waals surface area contributed by atoms with Crippen molar-refractivity contribution in [3.05, 3.63) is 322 Å². The average molecular weight is 1280 g/mol. The zero-order valence-electron chi connectivity index (χ0n) is 53.4. The highest BCUT2D eigenvalue weighted by Crippen LogP contribution is 2.45. The smallest absolute Gasteiger partial charge is 0.165 e. The molecule has 466 valence electrons. The number of nitrogens with zero attached hydrogens (tertiary/aromatic N) is 9. The fourth-order valence-corrected chi connectivity index (χ4v) is 14.6. The molecule has 20 aromatic rings. The number of fused-ring (bicyclic) bond motifs is 12. The Labute approximate surface area is 571 Å². The van der Waals surface area contributed by atoms with Crippen molar-refractivity contribution < 1.29 is 8.83 Å². The van der Waals surface area contributed by atoms with Crippen molar-refractivity contribution in [1.82, 2.24) is 44.0 Å². The summed E-state index contributed by atoms with van der Waals surface area (Å²) < 4.78 is 17.6. The molecule has 20 rings (SSSR count). The summed E-state index contributed by atoms with van der Waals surface area (Å²) >= 11 is 0. The van der Waals surface area contributed by atoms with E-state index >= 15 is 0 Å². The van der Waals surface area contributed by atoms with Crippen molar-refractivity contribution in [2.24, 2.45) is 0 Å². The molecule has 0 fully saturated rings. The molecule has 0 saturated heterocycles. The van der Waals surface area contributed by atoms with Crippen molar-refractivity contribution in [3.63, 3.8) is 0 Å². The number of hydrogen-bond acceptors (Lipinski definition) is 9. The maximum Gasteiger partial charge on any atom is 0.165 e. The molecular formula is C89H53N9O2. The Morgan fingerprint density at radius 3 is 1.21 bits per heavy atom. The van der Waals surface area contributed by atoms with E-state index in [1.165, 1.54) is 0 Å². The summed E-state index contributed by atoms with van der Waals surface area (Å²) in [5, 5.41) is 8.85. The van der Waals surface area contributed by atoms with Gasteiger partial charge in [-0.25, -0.2) is 34.9 Å². The standard InChI is InChI=1S/C89H53N9O2/c1-4-20-55(21-5-1)84-91-85(56-22-6-2-7-23-56)94-88(93-84)61-26-18-27-64(48-61)97-73-33-14-10-28-66(73)71-50-60(43-45-75(71)97)70-51-63(52-80-83(70)69-31-13-17-36-78(69)100-80)54-38-40-58(41-39-54)87-92-86(57-24-8-3-9-25-57)95-89(96-87)62-44-47-81(90-53-62)98-74-34-15-11-29-67(74)72-49-59(42-46-76(72)98)65-32-19-37-79-82(65)68-30-12-16-35-77(68)99-79/h1-53H. The Morgan fingerprint density at radius 1 is 0.220 bits per heavy atom. The molecule has 0 amide bonds. The summed E-state index contributed by atoms with van der Waals surface area (Å²) in [5.74, 6) is 4.24. The van der Waals surface area contributed by atoms with Crippen LogP contribution in [0.5, 0.6) is 0 Å². The Morgan fingerprint density at radius 2 is 0.630 bits per heavy atom. The quantitative estimate of drug-likeness (QED) is 0.124. The molecule has 0 bridgehead atoms. The maximum atomic E-state index is 6.76. The van der Waals surface area contributed by atoms with Crippen molar-refractivity contribution in [2.45, 2.75) is 0 Å². The lowest BCUT2D eigenvalue weighted by atomic mass is 9.93. The van der Waals surface area contributed by atoms with Gasteiger partial charge in [0.15, 0.2) is 34.9 Å². The van der Waals surface area contributed by atoms with Crippen molar-refractivity contribution in [1.29, 1.82) is 0 Å². The Hall–Kier alpha value is -13.8. The van der Waals surface area contributed by atoms with Crippen LogP contribution in [0.4, 0.5) is 0 Å². The minimum atomic E-state index is 0.517. The second kappa shape index (κ2) is 23.0. The molecule has 0 saturated carbocycles. The van der Waals surface area contributed by atoms with Gasteiger partial charge in [-0.2, -0.15) is 0 Å². The van der Waals surface area contributed by atoms with Gasteiger partial charge in [0.25, 0.3) is 0 Å². The van der Waals surface area contributed by atoms with Crippen LogP contribution in [0.3, 0.4) is 0 Å². The first-order valence-electron chi connectivity index (χ1n) is 33.3. The first-order chi connectivity index (χ1) is 49.5. The summed E-state index contributed by atoms with van der Waals surface area (Å²) in [5.41, 5.74) is 20.2. The van der Waals surface area contributed by atoms with E-state index in [0.29, 0.717) is 34.9 Å².